The molecule has 2 aromatic rings. The first-order valence-electron chi connectivity index (χ1n) is 6.89. The van der Waals surface area contributed by atoms with E-state index in [1.54, 1.807) is 0 Å². The van der Waals surface area contributed by atoms with Gasteiger partial charge in [0.1, 0.15) is 0 Å². The van der Waals surface area contributed by atoms with Gasteiger partial charge in [-0.3, -0.25) is 4.79 Å². The minimum absolute atomic E-state index is 0. The van der Waals surface area contributed by atoms with E-state index in [0.29, 0.717) is 0 Å². The Morgan fingerprint density at radius 2 is 0.852 bits per heavy atom. The summed E-state index contributed by atoms with van der Waals surface area (Å²) in [5, 5.41) is 36.1. The summed E-state index contributed by atoms with van der Waals surface area (Å²) in [7, 11) is 0. The molecule has 27 heavy (non-hydrogen) atoms. The number of benzene rings is 2. The van der Waals surface area contributed by atoms with Crippen molar-refractivity contribution < 1.29 is 75.4 Å². The Labute approximate surface area is 174 Å². The maximum atomic E-state index is 12.5. The number of carboxylic acids is 4. The van der Waals surface area contributed by atoms with Crippen LogP contribution in [0.15, 0.2) is 36.4 Å². The van der Waals surface area contributed by atoms with Gasteiger partial charge in [0.2, 0.25) is 0 Å². The van der Waals surface area contributed by atoms with Gasteiger partial charge in [0.15, 0.2) is 5.78 Å². The molecule has 134 valence electrons. The van der Waals surface area contributed by atoms with E-state index in [2.05, 4.69) is 0 Å². The number of rotatable bonds is 6. The van der Waals surface area contributed by atoms with E-state index >= 15 is 0 Å². The van der Waals surface area contributed by atoms with Gasteiger partial charge >= 0.3 is 53.4 Å². The van der Waals surface area contributed by atoms with Crippen LogP contribution in [0.25, 0.3) is 0 Å². The van der Waals surface area contributed by atoms with E-state index in [9.17, 15) is 24.0 Å². The van der Waals surface area contributed by atoms with Crippen LogP contribution in [0.4, 0.5) is 0 Å². The summed E-state index contributed by atoms with van der Waals surface area (Å²) < 4.78 is 0. The number of carboxylic acid groups (broad SMARTS) is 4. The van der Waals surface area contributed by atoms with Crippen molar-refractivity contribution in [1.82, 2.24) is 0 Å². The zero-order chi connectivity index (χ0) is 19.6. The van der Waals surface area contributed by atoms with Gasteiger partial charge in [-0.2, -0.15) is 0 Å². The van der Waals surface area contributed by atoms with Crippen LogP contribution in [0, 0.1) is 0 Å². The molecule has 0 saturated heterocycles. The van der Waals surface area contributed by atoms with Crippen LogP contribution in [-0.4, -0.2) is 50.1 Å². The van der Waals surface area contributed by atoms with Gasteiger partial charge < -0.3 is 21.9 Å². The fourth-order valence-electron chi connectivity index (χ4n) is 2.26. The molecular weight excluding hydrogens is 371 g/mol. The smallest absolute Gasteiger partial charge is 1.00 e. The summed E-state index contributed by atoms with van der Waals surface area (Å²) in [6, 6.07) is 5.79. The first-order chi connectivity index (χ1) is 12.1. The predicted molar refractivity (Wildman–Crippen MR) is 85.3 cm³/mol. The molecule has 0 radical (unpaired) electrons. The van der Waals surface area contributed by atoms with Crippen molar-refractivity contribution in [3.63, 3.8) is 0 Å². The second-order valence-corrected chi connectivity index (χ2v) is 5.07. The summed E-state index contributed by atoms with van der Waals surface area (Å²) >= 11 is 0. The predicted octanol–water partition coefficient (Wildman–Crippen LogP) is -1.17. The van der Waals surface area contributed by atoms with Gasteiger partial charge in [-0.25, -0.2) is 19.2 Å². The molecule has 0 aliphatic heterocycles. The van der Waals surface area contributed by atoms with Gasteiger partial charge in [-0.1, -0.05) is 12.1 Å². The zero-order valence-corrected chi connectivity index (χ0v) is 15.8. The van der Waals surface area contributed by atoms with E-state index in [0.717, 1.165) is 36.4 Å². The van der Waals surface area contributed by atoms with Crippen molar-refractivity contribution in [2.75, 3.05) is 0 Å². The van der Waals surface area contributed by atoms with Crippen molar-refractivity contribution in [2.24, 2.45) is 0 Å². The van der Waals surface area contributed by atoms with Gasteiger partial charge in [-0.05, 0) is 24.3 Å². The molecule has 0 saturated carbocycles. The number of carbonyl (C=O) groups is 5. The van der Waals surface area contributed by atoms with Gasteiger partial charge in [-0.15, -0.1) is 0 Å². The molecule has 0 bridgehead atoms. The van der Waals surface area contributed by atoms with E-state index in [-0.39, 0.29) is 42.1 Å². The first kappa shape index (κ1) is 22.0. The normalized spacial score (nSPS) is 9.78. The average molecular weight is 382 g/mol. The Morgan fingerprint density at radius 3 is 1.11 bits per heavy atom. The fraction of sp³-hybridized carbons (Fsp3) is 0. The summed E-state index contributed by atoms with van der Waals surface area (Å²) in [6.07, 6.45) is 0. The maximum absolute atomic E-state index is 12.5. The molecule has 0 aliphatic rings. The summed E-state index contributed by atoms with van der Waals surface area (Å²) in [6.45, 7) is 0. The van der Waals surface area contributed by atoms with Crippen molar-refractivity contribution in [3.8, 4) is 0 Å². The largest absolute Gasteiger partial charge is 1.00 e. The summed E-state index contributed by atoms with van der Waals surface area (Å²) in [4.78, 5) is 56.9. The van der Waals surface area contributed by atoms with Gasteiger partial charge in [0.05, 0.1) is 22.3 Å². The number of hydrogen-bond acceptors (Lipinski definition) is 5. The van der Waals surface area contributed by atoms with Crippen molar-refractivity contribution in [3.05, 3.63) is 69.8 Å². The van der Waals surface area contributed by atoms with Gasteiger partial charge in [0.25, 0.3) is 0 Å². The van der Waals surface area contributed by atoms with Gasteiger partial charge in [0, 0.05) is 11.1 Å². The van der Waals surface area contributed by atoms with E-state index < -0.39 is 51.9 Å². The molecule has 0 heterocycles. The first-order valence-corrected chi connectivity index (χ1v) is 6.89. The molecule has 9 nitrogen and oxygen atoms in total. The summed E-state index contributed by atoms with van der Waals surface area (Å²) in [5.41, 5.74) is -2.62. The number of ketones is 1. The minimum atomic E-state index is -1.55. The SMILES string of the molecule is O=C(c1ccc(C(=O)O)c(C(=O)O)c1)c1ccc(C(=O)O)c(C(=O)O)c1.[H-].[Na+]. The fourth-order valence-corrected chi connectivity index (χ4v) is 2.26. The third kappa shape index (κ3) is 4.59. The zero-order valence-electron chi connectivity index (χ0n) is 14.8. The molecule has 4 N–H and O–H groups in total. The molecule has 2 aromatic carbocycles. The summed E-state index contributed by atoms with van der Waals surface area (Å²) in [5.74, 6) is -6.86. The van der Waals surface area contributed by atoms with Crippen LogP contribution in [-0.2, 0) is 0 Å². The second kappa shape index (κ2) is 8.58. The number of aromatic carboxylic acids is 4. The van der Waals surface area contributed by atoms with Crippen LogP contribution in [0.5, 0.6) is 0 Å². The quantitative estimate of drug-likeness (QED) is 0.355. The monoisotopic (exact) mass is 382 g/mol. The Kier molecular flexibility index (Phi) is 7.00. The van der Waals surface area contributed by atoms with E-state index in [1.165, 1.54) is 0 Å². The molecule has 0 aliphatic carbocycles. The van der Waals surface area contributed by atoms with Crippen molar-refractivity contribution >= 4 is 29.7 Å². The second-order valence-electron chi connectivity index (χ2n) is 5.07. The van der Waals surface area contributed by atoms with Crippen molar-refractivity contribution in [1.29, 1.82) is 0 Å². The Hall–Kier alpha value is -3.01. The molecule has 0 spiro atoms. The van der Waals surface area contributed by atoms with Crippen LogP contribution >= 0.6 is 0 Å². The Balaban J connectivity index is 0.00000364. The third-order valence-corrected chi connectivity index (χ3v) is 3.49. The van der Waals surface area contributed by atoms with Crippen LogP contribution in [0.3, 0.4) is 0 Å². The molecule has 2 rings (SSSR count). The van der Waals surface area contributed by atoms with Crippen LogP contribution in [0.1, 0.15) is 58.8 Å². The molecule has 0 atom stereocenters. The molecule has 0 amide bonds. The minimum Gasteiger partial charge on any atom is -1.00 e. The molecule has 0 unspecified atom stereocenters. The average Bonchev–Trinajstić information content (AvgIpc) is 2.59. The molecule has 10 heteroatoms. The van der Waals surface area contributed by atoms with Crippen molar-refractivity contribution in [2.45, 2.75) is 0 Å². The van der Waals surface area contributed by atoms with Crippen LogP contribution in [0.2, 0.25) is 0 Å². The Bertz CT molecular complexity index is 907. The molecule has 0 aromatic heterocycles. The topological polar surface area (TPSA) is 166 Å². The standard InChI is InChI=1S/C17H10O9.Na.H/c18-13(7-1-3-9(14(19)20)11(5-7)16(23)24)8-2-4-10(15(21)22)12(6-8)17(25)26;;/h1-6H,(H,19,20)(H,21,22)(H,23,24)(H,25,26);;/q;+1;-1. The number of carbonyl (C=O) groups excluding carboxylic acids is 1. The molecular formula is C17H11NaO9. The third-order valence-electron chi connectivity index (χ3n) is 3.49. The van der Waals surface area contributed by atoms with Crippen LogP contribution < -0.4 is 29.6 Å². The van der Waals surface area contributed by atoms with E-state index in [1.807, 2.05) is 0 Å². The molecule has 0 fully saturated rings. The van der Waals surface area contributed by atoms with E-state index in [4.69, 9.17) is 20.4 Å². The maximum Gasteiger partial charge on any atom is 1.00 e. The Morgan fingerprint density at radius 1 is 0.556 bits per heavy atom. The number of hydrogen-bond donors (Lipinski definition) is 4.